The molecule has 0 aliphatic carbocycles. The fourth-order valence-corrected chi connectivity index (χ4v) is 4.67. The lowest BCUT2D eigenvalue weighted by atomic mass is 10.3. The number of aromatic amines is 2. The van der Waals surface area contributed by atoms with Crippen molar-refractivity contribution in [1.29, 1.82) is 10.5 Å². The van der Waals surface area contributed by atoms with Crippen LogP contribution in [0.5, 0.6) is 0 Å². The molecule has 0 spiro atoms. The molecule has 0 atom stereocenters. The summed E-state index contributed by atoms with van der Waals surface area (Å²) in [5.74, 6) is 0. The zero-order valence-corrected chi connectivity index (χ0v) is 19.9. The van der Waals surface area contributed by atoms with Gasteiger partial charge in [0.2, 0.25) is 0 Å². The van der Waals surface area contributed by atoms with Crippen molar-refractivity contribution in [2.75, 3.05) is 10.6 Å². The quantitative estimate of drug-likeness (QED) is 0.265. The van der Waals surface area contributed by atoms with Gasteiger partial charge in [0, 0.05) is 20.9 Å². The van der Waals surface area contributed by atoms with Gasteiger partial charge in [-0.25, -0.2) is 0 Å². The number of hydrogen-bond acceptors (Lipinski definition) is 8. The Kier molecular flexibility index (Phi) is 7.87. The van der Waals surface area contributed by atoms with Gasteiger partial charge in [-0.2, -0.15) is 10.5 Å². The van der Waals surface area contributed by atoms with Gasteiger partial charge < -0.3 is 10.6 Å². The highest BCUT2D eigenvalue weighted by Crippen LogP contribution is 2.27. The molecule has 0 aliphatic heterocycles. The normalized spacial score (nSPS) is 9.75. The number of nitriles is 2. The van der Waals surface area contributed by atoms with Crippen molar-refractivity contribution in [1.82, 2.24) is 8.75 Å². The van der Waals surface area contributed by atoms with Crippen LogP contribution in [0.25, 0.3) is 0 Å². The lowest BCUT2D eigenvalue weighted by molar-refractivity contribution is 1.38. The number of aromatic nitrogens is 2. The number of para-hydroxylation sites is 1. The van der Waals surface area contributed by atoms with E-state index >= 15 is 0 Å². The summed E-state index contributed by atoms with van der Waals surface area (Å²) >= 11 is 11.4. The van der Waals surface area contributed by atoms with Crippen molar-refractivity contribution in [3.63, 3.8) is 0 Å². The van der Waals surface area contributed by atoms with Crippen molar-refractivity contribution in [3.8, 4) is 12.1 Å². The molecule has 12 heteroatoms. The van der Waals surface area contributed by atoms with Gasteiger partial charge in [-0.15, -0.1) is 0 Å². The minimum absolute atomic E-state index is 0.0751. The number of nitrogens with zero attached hydrogens (tertiary/aromatic N) is 2. The monoisotopic (exact) mass is 546 g/mol. The van der Waals surface area contributed by atoms with E-state index in [9.17, 15) is 9.59 Å². The van der Waals surface area contributed by atoms with Gasteiger partial charge in [0.25, 0.3) is 11.1 Å². The number of hydrogen-bond donors (Lipinski definition) is 4. The summed E-state index contributed by atoms with van der Waals surface area (Å²) in [5.41, 5.74) is 1.03. The molecule has 4 rings (SSSR count). The first-order valence-corrected chi connectivity index (χ1v) is 11.5. The lowest BCUT2D eigenvalue weighted by Gasteiger charge is -2.04. The minimum Gasteiger partial charge on any atom is -0.345 e. The predicted molar refractivity (Wildman–Crippen MR) is 131 cm³/mol. The molecule has 4 aromatic rings. The lowest BCUT2D eigenvalue weighted by Crippen LogP contribution is -2.02. The molecule has 0 fully saturated rings. The molecule has 32 heavy (non-hydrogen) atoms. The Morgan fingerprint density at radius 1 is 0.844 bits per heavy atom. The van der Waals surface area contributed by atoms with Crippen LogP contribution in [0.4, 0.5) is 21.4 Å². The SMILES string of the molecule is N#Cc1c(Nc2cc(Cl)cc(Br)c2)s[nH]c1=O.N#Cc1c(Nc2ccccc2)s[nH]c1=O. The molecule has 0 bridgehead atoms. The van der Waals surface area contributed by atoms with Crippen molar-refractivity contribution in [2.24, 2.45) is 0 Å². The molecular weight excluding hydrogens is 536 g/mol. The number of benzene rings is 2. The molecule has 4 N–H and O–H groups in total. The van der Waals surface area contributed by atoms with E-state index in [1.807, 2.05) is 42.5 Å². The first kappa shape index (κ1) is 23.3. The van der Waals surface area contributed by atoms with Crippen LogP contribution in [-0.4, -0.2) is 8.75 Å². The zero-order valence-electron chi connectivity index (χ0n) is 15.9. The summed E-state index contributed by atoms with van der Waals surface area (Å²) in [6, 6.07) is 18.4. The number of anilines is 4. The van der Waals surface area contributed by atoms with E-state index in [-0.39, 0.29) is 22.2 Å². The Morgan fingerprint density at radius 3 is 1.88 bits per heavy atom. The summed E-state index contributed by atoms with van der Waals surface area (Å²) in [7, 11) is 0. The van der Waals surface area contributed by atoms with Gasteiger partial charge in [-0.1, -0.05) is 45.7 Å². The van der Waals surface area contributed by atoms with E-state index in [2.05, 4.69) is 35.3 Å². The van der Waals surface area contributed by atoms with Crippen molar-refractivity contribution in [3.05, 3.63) is 89.9 Å². The molecule has 160 valence electrons. The maximum absolute atomic E-state index is 11.3. The first-order valence-electron chi connectivity index (χ1n) is 8.69. The molecule has 0 unspecified atom stereocenters. The van der Waals surface area contributed by atoms with Crippen LogP contribution < -0.4 is 21.8 Å². The molecular formula is C20H12BrClN6O2S2. The molecule has 0 saturated carbocycles. The fourth-order valence-electron chi connectivity index (χ4n) is 2.39. The minimum atomic E-state index is -0.388. The fraction of sp³-hybridized carbons (Fsp3) is 0. The Labute approximate surface area is 203 Å². The highest BCUT2D eigenvalue weighted by Gasteiger charge is 2.10. The molecule has 0 amide bonds. The third kappa shape index (κ3) is 5.87. The van der Waals surface area contributed by atoms with Crippen LogP contribution in [0.3, 0.4) is 0 Å². The average molecular weight is 548 g/mol. The van der Waals surface area contributed by atoms with Crippen LogP contribution in [0.1, 0.15) is 11.1 Å². The molecule has 2 heterocycles. The topological polar surface area (TPSA) is 137 Å². The highest BCUT2D eigenvalue weighted by molar-refractivity contribution is 9.10. The van der Waals surface area contributed by atoms with E-state index in [1.54, 1.807) is 18.2 Å². The number of nitrogens with one attached hydrogen (secondary N) is 4. The Bertz CT molecular complexity index is 1410. The summed E-state index contributed by atoms with van der Waals surface area (Å²) in [6.07, 6.45) is 0. The van der Waals surface area contributed by atoms with E-state index in [1.165, 1.54) is 0 Å². The second-order valence-corrected chi connectivity index (χ2v) is 8.96. The largest absolute Gasteiger partial charge is 0.345 e. The van der Waals surface area contributed by atoms with E-state index in [4.69, 9.17) is 22.1 Å². The van der Waals surface area contributed by atoms with Crippen LogP contribution in [0.2, 0.25) is 5.02 Å². The Morgan fingerprint density at radius 2 is 1.38 bits per heavy atom. The zero-order chi connectivity index (χ0) is 23.1. The van der Waals surface area contributed by atoms with Crippen LogP contribution in [0.15, 0.2) is 62.6 Å². The predicted octanol–water partition coefficient (Wildman–Crippen LogP) is 5.52. The summed E-state index contributed by atoms with van der Waals surface area (Å²) in [4.78, 5) is 22.4. The van der Waals surface area contributed by atoms with Crippen LogP contribution in [-0.2, 0) is 0 Å². The van der Waals surface area contributed by atoms with E-state index < -0.39 is 0 Å². The summed E-state index contributed by atoms with van der Waals surface area (Å²) in [5, 5.41) is 25.2. The van der Waals surface area contributed by atoms with Crippen molar-refractivity contribution < 1.29 is 0 Å². The van der Waals surface area contributed by atoms with Gasteiger partial charge in [-0.05, 0) is 53.4 Å². The number of halogens is 2. The number of rotatable bonds is 4. The van der Waals surface area contributed by atoms with Crippen molar-refractivity contribution >= 4 is 72.0 Å². The van der Waals surface area contributed by atoms with E-state index in [0.29, 0.717) is 20.7 Å². The standard InChI is InChI=1S/C10H5BrClN3OS.C10H7N3OS/c11-5-1-6(12)3-7(2-5)14-10-8(4-13)9(16)15-17-10;11-6-8-9(14)13-15-10(8)12-7-4-2-1-3-5-7/h1-3,14H,(H,15,16);1-5,12H,(H,13,14). The Hall–Kier alpha value is -3.35. The summed E-state index contributed by atoms with van der Waals surface area (Å²) < 4.78 is 5.82. The van der Waals surface area contributed by atoms with Gasteiger partial charge >= 0.3 is 0 Å². The van der Waals surface area contributed by atoms with E-state index in [0.717, 1.165) is 33.2 Å². The van der Waals surface area contributed by atoms with Gasteiger partial charge in [-0.3, -0.25) is 18.3 Å². The smallest absolute Gasteiger partial charge is 0.278 e. The molecule has 0 radical (unpaired) electrons. The van der Waals surface area contributed by atoms with Crippen LogP contribution >= 0.6 is 50.6 Å². The second-order valence-electron chi connectivity index (χ2n) is 5.97. The number of H-pyrrole nitrogens is 2. The molecule has 0 aliphatic rings. The maximum Gasteiger partial charge on any atom is 0.278 e. The second kappa shape index (κ2) is 10.8. The van der Waals surface area contributed by atoms with Gasteiger partial charge in [0.1, 0.15) is 22.1 Å². The molecule has 2 aromatic carbocycles. The molecule has 2 aromatic heterocycles. The molecule has 0 saturated heterocycles. The average Bonchev–Trinajstić information content (AvgIpc) is 3.29. The highest BCUT2D eigenvalue weighted by atomic mass is 79.9. The third-order valence-electron chi connectivity index (χ3n) is 3.78. The third-order valence-corrected chi connectivity index (χ3v) is 6.05. The first-order chi connectivity index (χ1) is 15.4. The summed E-state index contributed by atoms with van der Waals surface area (Å²) in [6.45, 7) is 0. The van der Waals surface area contributed by atoms with Gasteiger partial charge in [0.05, 0.1) is 0 Å². The maximum atomic E-state index is 11.3. The Balaban J connectivity index is 0.000000182. The van der Waals surface area contributed by atoms with Crippen LogP contribution in [0, 0.1) is 22.7 Å². The van der Waals surface area contributed by atoms with Gasteiger partial charge in [0.15, 0.2) is 11.1 Å². The molecule has 8 nitrogen and oxygen atoms in total. The van der Waals surface area contributed by atoms with Crippen molar-refractivity contribution in [2.45, 2.75) is 0 Å².